The van der Waals surface area contributed by atoms with Gasteiger partial charge in [-0.25, -0.2) is 0 Å². The number of rotatable bonds is 3. The van der Waals surface area contributed by atoms with Crippen LogP contribution in [0.2, 0.25) is 0 Å². The summed E-state index contributed by atoms with van der Waals surface area (Å²) in [6, 6.07) is 0. The van der Waals surface area contributed by atoms with Gasteiger partial charge in [-0.1, -0.05) is 0 Å². The Hall–Kier alpha value is -1.04. The first-order chi connectivity index (χ1) is 5.49. The number of nitrogens with two attached hydrogens (primary N) is 1. The smallest absolute Gasteiger partial charge is 0.405 e. The van der Waals surface area contributed by atoms with Crippen molar-refractivity contribution in [2.75, 3.05) is 13.2 Å². The summed E-state index contributed by atoms with van der Waals surface area (Å²) in [5.41, 5.74) is 4.80. The third-order valence-electron chi connectivity index (χ3n) is 0.912. The molecule has 0 fully saturated rings. The van der Waals surface area contributed by atoms with Gasteiger partial charge in [0.25, 0.3) is 0 Å². The highest BCUT2D eigenvalue weighted by Crippen LogP contribution is 2.14. The summed E-state index contributed by atoms with van der Waals surface area (Å²) in [5.74, 6) is 0. The molecule has 0 aliphatic carbocycles. The third kappa shape index (κ3) is 5.72. The number of hydrogen-bond acceptors (Lipinski definition) is 3. The highest BCUT2D eigenvalue weighted by molar-refractivity contribution is 5.95. The Morgan fingerprint density at radius 2 is 2.08 bits per heavy atom. The number of aliphatic hydroxyl groups excluding tert-OH is 1. The molecule has 0 aromatic heterocycles. The molecule has 0 rings (SSSR count). The molecule has 0 aliphatic rings. The average Bonchev–Trinajstić information content (AvgIpc) is 1.96. The molecular weight excluding hydrogens is 173 g/mol. The molecule has 0 unspecified atom stereocenters. The second kappa shape index (κ2) is 4.76. The first kappa shape index (κ1) is 11.0. The van der Waals surface area contributed by atoms with Crippen LogP contribution in [0.25, 0.3) is 0 Å². The normalized spacial score (nSPS) is 14.2. The molecule has 70 valence electrons. The van der Waals surface area contributed by atoms with Gasteiger partial charge >= 0.3 is 6.18 Å². The molecule has 12 heavy (non-hydrogen) atoms. The molecule has 0 aromatic rings. The molecule has 0 atom stereocenters. The molecule has 0 aliphatic heterocycles. The molecular formula is C6H9F3N2O. The molecule has 0 heterocycles. The molecule has 0 radical (unpaired) electrons. The highest BCUT2D eigenvalue weighted by Gasteiger charge is 2.26. The van der Waals surface area contributed by atoms with Gasteiger partial charge in [-0.05, 0) is 12.3 Å². The summed E-state index contributed by atoms with van der Waals surface area (Å²) >= 11 is 0. The van der Waals surface area contributed by atoms with Crippen molar-refractivity contribution < 1.29 is 18.3 Å². The Kier molecular flexibility index (Phi) is 4.35. The van der Waals surface area contributed by atoms with Crippen molar-refractivity contribution in [2.24, 2.45) is 10.7 Å². The van der Waals surface area contributed by atoms with Gasteiger partial charge in [-0.15, -0.1) is 0 Å². The minimum absolute atomic E-state index is 0.0881. The van der Waals surface area contributed by atoms with Crippen LogP contribution < -0.4 is 5.73 Å². The van der Waals surface area contributed by atoms with Gasteiger partial charge < -0.3 is 10.8 Å². The minimum Gasteiger partial charge on any atom is -0.405 e. The quantitative estimate of drug-likeness (QED) is 0.623. The summed E-state index contributed by atoms with van der Waals surface area (Å²) < 4.78 is 34.6. The van der Waals surface area contributed by atoms with Gasteiger partial charge in [0, 0.05) is 0 Å². The van der Waals surface area contributed by atoms with E-state index in [0.717, 1.165) is 12.3 Å². The number of hydrogen-bond donors (Lipinski definition) is 2. The third-order valence-corrected chi connectivity index (χ3v) is 0.912. The second-order valence-electron chi connectivity index (χ2n) is 1.94. The zero-order valence-electron chi connectivity index (χ0n) is 6.17. The standard InChI is InChI=1S/C6H9F3N2O/c7-6(8,9)4-11-5(3-12)1-2-10/h1-2,12H,3-4,10H2/b2-1-,11-5?. The van der Waals surface area contributed by atoms with Crippen LogP contribution in [0.1, 0.15) is 0 Å². The number of nitrogens with zero attached hydrogens (tertiary/aromatic N) is 1. The second-order valence-corrected chi connectivity index (χ2v) is 1.94. The van der Waals surface area contributed by atoms with E-state index in [0.29, 0.717) is 0 Å². The van der Waals surface area contributed by atoms with E-state index in [1.807, 2.05) is 0 Å². The summed E-state index contributed by atoms with van der Waals surface area (Å²) in [6.45, 7) is -1.85. The summed E-state index contributed by atoms with van der Waals surface area (Å²) in [7, 11) is 0. The first-order valence-corrected chi connectivity index (χ1v) is 3.09. The first-order valence-electron chi connectivity index (χ1n) is 3.09. The topological polar surface area (TPSA) is 58.6 Å². The van der Waals surface area contributed by atoms with Crippen LogP contribution >= 0.6 is 0 Å². The van der Waals surface area contributed by atoms with Crippen molar-refractivity contribution in [3.05, 3.63) is 12.3 Å². The van der Waals surface area contributed by atoms with Crippen LogP contribution in [0, 0.1) is 0 Å². The fraction of sp³-hybridized carbons (Fsp3) is 0.500. The Balaban J connectivity index is 4.12. The minimum atomic E-state index is -4.34. The van der Waals surface area contributed by atoms with Crippen molar-refractivity contribution in [2.45, 2.75) is 6.18 Å². The lowest BCUT2D eigenvalue weighted by Crippen LogP contribution is -2.14. The number of halogens is 3. The van der Waals surface area contributed by atoms with Crippen molar-refractivity contribution in [1.82, 2.24) is 0 Å². The lowest BCUT2D eigenvalue weighted by Gasteiger charge is -2.02. The summed E-state index contributed by atoms with van der Waals surface area (Å²) in [5, 5.41) is 8.45. The summed E-state index contributed by atoms with van der Waals surface area (Å²) in [4.78, 5) is 3.08. The molecule has 3 nitrogen and oxygen atoms in total. The summed E-state index contributed by atoms with van der Waals surface area (Å²) in [6.07, 6.45) is -2.21. The van der Waals surface area contributed by atoms with E-state index in [-0.39, 0.29) is 5.71 Å². The van der Waals surface area contributed by atoms with Gasteiger partial charge in [-0.2, -0.15) is 13.2 Å². The lowest BCUT2D eigenvalue weighted by molar-refractivity contribution is -0.118. The monoisotopic (exact) mass is 182 g/mol. The van der Waals surface area contributed by atoms with Gasteiger partial charge in [0.2, 0.25) is 0 Å². The van der Waals surface area contributed by atoms with Gasteiger partial charge in [0.15, 0.2) is 0 Å². The van der Waals surface area contributed by atoms with E-state index in [1.165, 1.54) is 0 Å². The molecule has 0 spiro atoms. The fourth-order valence-corrected chi connectivity index (χ4v) is 0.458. The zero-order chi connectivity index (χ0) is 9.61. The number of aliphatic imine (C=N–C) groups is 1. The molecule has 6 heteroatoms. The van der Waals surface area contributed by atoms with E-state index >= 15 is 0 Å². The van der Waals surface area contributed by atoms with E-state index < -0.39 is 19.3 Å². The maximum Gasteiger partial charge on any atom is 0.407 e. The van der Waals surface area contributed by atoms with E-state index in [1.54, 1.807) is 0 Å². The van der Waals surface area contributed by atoms with E-state index in [2.05, 4.69) is 4.99 Å². The highest BCUT2D eigenvalue weighted by atomic mass is 19.4. The van der Waals surface area contributed by atoms with Crippen LogP contribution in [0.5, 0.6) is 0 Å². The zero-order valence-corrected chi connectivity index (χ0v) is 6.17. The number of alkyl halides is 3. The number of aliphatic hydroxyl groups is 1. The van der Waals surface area contributed by atoms with E-state index in [9.17, 15) is 13.2 Å². The van der Waals surface area contributed by atoms with Gasteiger partial charge in [-0.3, -0.25) is 4.99 Å². The molecule has 0 saturated heterocycles. The van der Waals surface area contributed by atoms with Crippen LogP contribution in [0.3, 0.4) is 0 Å². The Morgan fingerprint density at radius 1 is 1.50 bits per heavy atom. The van der Waals surface area contributed by atoms with Gasteiger partial charge in [0.05, 0.1) is 12.3 Å². The lowest BCUT2D eigenvalue weighted by atomic mass is 10.4. The average molecular weight is 182 g/mol. The van der Waals surface area contributed by atoms with Gasteiger partial charge in [0.1, 0.15) is 6.54 Å². The van der Waals surface area contributed by atoms with Crippen molar-refractivity contribution in [1.29, 1.82) is 0 Å². The van der Waals surface area contributed by atoms with Crippen molar-refractivity contribution in [3.8, 4) is 0 Å². The van der Waals surface area contributed by atoms with Crippen LogP contribution in [-0.4, -0.2) is 30.1 Å². The maximum atomic E-state index is 11.5. The van der Waals surface area contributed by atoms with E-state index in [4.69, 9.17) is 10.8 Å². The fourth-order valence-electron chi connectivity index (χ4n) is 0.458. The van der Waals surface area contributed by atoms with Crippen LogP contribution in [0.15, 0.2) is 17.3 Å². The van der Waals surface area contributed by atoms with Crippen LogP contribution in [-0.2, 0) is 0 Å². The molecule has 0 aromatic carbocycles. The predicted octanol–water partition coefficient (Wildman–Crippen LogP) is 0.454. The molecule has 0 amide bonds. The Morgan fingerprint density at radius 3 is 2.42 bits per heavy atom. The SMILES string of the molecule is N/C=C\C(CO)=NCC(F)(F)F. The van der Waals surface area contributed by atoms with Crippen molar-refractivity contribution >= 4 is 5.71 Å². The van der Waals surface area contributed by atoms with Crippen LogP contribution in [0.4, 0.5) is 13.2 Å². The Labute approximate surface area is 67.4 Å². The molecule has 3 N–H and O–H groups in total. The Bertz CT molecular complexity index is 186. The molecule has 0 bridgehead atoms. The predicted molar refractivity (Wildman–Crippen MR) is 38.8 cm³/mol. The maximum absolute atomic E-state index is 11.5. The van der Waals surface area contributed by atoms with Crippen molar-refractivity contribution in [3.63, 3.8) is 0 Å². The largest absolute Gasteiger partial charge is 0.407 e. The molecule has 0 saturated carbocycles.